The molecule has 2 aromatic rings. The van der Waals surface area contributed by atoms with Gasteiger partial charge in [0.15, 0.2) is 0 Å². The molecule has 1 atom stereocenters. The summed E-state index contributed by atoms with van der Waals surface area (Å²) < 4.78 is 0. The van der Waals surface area contributed by atoms with Crippen LogP contribution in [0, 0.1) is 0 Å². The average Bonchev–Trinajstić information content (AvgIpc) is 3.00. The number of aromatic nitrogens is 2. The van der Waals surface area contributed by atoms with E-state index in [0.29, 0.717) is 21.2 Å². The highest BCUT2D eigenvalue weighted by atomic mass is 35.5. The topological polar surface area (TPSA) is 91.1 Å². The molecule has 0 saturated carbocycles. The van der Waals surface area contributed by atoms with Gasteiger partial charge in [0.2, 0.25) is 5.79 Å². The zero-order valence-corrected chi connectivity index (χ0v) is 11.1. The normalized spacial score (nSPS) is 21.6. The summed E-state index contributed by atoms with van der Waals surface area (Å²) in [6.45, 7) is 0. The van der Waals surface area contributed by atoms with Gasteiger partial charge in [0.05, 0.1) is 15.7 Å². The zero-order chi connectivity index (χ0) is 13.5. The summed E-state index contributed by atoms with van der Waals surface area (Å²) in [4.78, 5) is 4.11. The standard InChI is InChI=1S/C11H10Cl2N6/c12-7-3-6(11(14)15-5-17-19-11)4-8(13)10(7)9-1-2-16-18-9/h1-5,19H,14H2,(H,15,17)(H,16,18). The van der Waals surface area contributed by atoms with Crippen LogP contribution in [0.4, 0.5) is 0 Å². The van der Waals surface area contributed by atoms with Gasteiger partial charge in [-0.3, -0.25) is 10.8 Å². The lowest BCUT2D eigenvalue weighted by Gasteiger charge is -2.22. The summed E-state index contributed by atoms with van der Waals surface area (Å²) in [7, 11) is 0. The minimum atomic E-state index is -1.07. The highest BCUT2D eigenvalue weighted by molar-refractivity contribution is 6.39. The molecule has 1 aromatic carbocycles. The van der Waals surface area contributed by atoms with Gasteiger partial charge < -0.3 is 5.43 Å². The minimum absolute atomic E-state index is 0.473. The summed E-state index contributed by atoms with van der Waals surface area (Å²) >= 11 is 12.6. The number of nitrogens with zero attached hydrogens (tertiary/aromatic N) is 2. The van der Waals surface area contributed by atoms with E-state index in [2.05, 4.69) is 26.0 Å². The Bertz CT molecular complexity index is 616. The number of nitrogens with one attached hydrogen (secondary N) is 3. The number of halogens is 2. The molecule has 3 rings (SSSR count). The highest BCUT2D eigenvalue weighted by Crippen LogP contribution is 2.36. The van der Waals surface area contributed by atoms with Gasteiger partial charge in [0.1, 0.15) is 6.34 Å². The van der Waals surface area contributed by atoms with Crippen molar-refractivity contribution in [1.29, 1.82) is 0 Å². The van der Waals surface area contributed by atoms with Crippen molar-refractivity contribution in [3.8, 4) is 11.3 Å². The molecule has 0 spiro atoms. The van der Waals surface area contributed by atoms with Crippen LogP contribution in [0.25, 0.3) is 11.3 Å². The number of rotatable bonds is 2. The number of nitrogens with two attached hydrogens (primary N) is 1. The number of benzene rings is 1. The molecule has 19 heavy (non-hydrogen) atoms. The lowest BCUT2D eigenvalue weighted by molar-refractivity contribution is 0.375. The third-order valence-corrected chi connectivity index (χ3v) is 3.44. The molecule has 0 aliphatic carbocycles. The fourth-order valence-electron chi connectivity index (χ4n) is 1.90. The van der Waals surface area contributed by atoms with E-state index < -0.39 is 5.79 Å². The molecule has 5 N–H and O–H groups in total. The van der Waals surface area contributed by atoms with Gasteiger partial charge >= 0.3 is 0 Å². The van der Waals surface area contributed by atoms with Crippen LogP contribution in [0.5, 0.6) is 0 Å². The first kappa shape index (κ1) is 12.4. The first-order valence-corrected chi connectivity index (χ1v) is 6.20. The van der Waals surface area contributed by atoms with Crippen LogP contribution < -0.4 is 16.6 Å². The van der Waals surface area contributed by atoms with Crippen molar-refractivity contribution in [1.82, 2.24) is 21.0 Å². The molecule has 0 saturated heterocycles. The maximum atomic E-state index is 6.28. The quantitative estimate of drug-likeness (QED) is 0.677. The lowest BCUT2D eigenvalue weighted by Crippen LogP contribution is -2.49. The van der Waals surface area contributed by atoms with Crippen LogP contribution in [0.3, 0.4) is 0 Å². The van der Waals surface area contributed by atoms with E-state index in [1.807, 2.05) is 0 Å². The Morgan fingerprint density at radius 1 is 1.21 bits per heavy atom. The van der Waals surface area contributed by atoms with Gasteiger partial charge in [-0.15, -0.1) is 0 Å². The van der Waals surface area contributed by atoms with Crippen molar-refractivity contribution < 1.29 is 0 Å². The molecule has 1 aliphatic rings. The van der Waals surface area contributed by atoms with Crippen LogP contribution in [0.2, 0.25) is 10.0 Å². The Balaban J connectivity index is 2.11. The summed E-state index contributed by atoms with van der Waals surface area (Å²) in [5, 5.41) is 7.65. The summed E-state index contributed by atoms with van der Waals surface area (Å²) in [5.41, 5.74) is 13.7. The fourth-order valence-corrected chi connectivity index (χ4v) is 2.59. The van der Waals surface area contributed by atoms with Crippen LogP contribution in [0.1, 0.15) is 5.56 Å². The first-order valence-electron chi connectivity index (χ1n) is 5.45. The monoisotopic (exact) mass is 296 g/mol. The molecular formula is C11H10Cl2N6. The maximum Gasteiger partial charge on any atom is 0.206 e. The molecule has 1 aliphatic heterocycles. The largest absolute Gasteiger partial charge is 0.309 e. The molecular weight excluding hydrogens is 287 g/mol. The van der Waals surface area contributed by atoms with E-state index in [4.69, 9.17) is 28.9 Å². The zero-order valence-electron chi connectivity index (χ0n) is 9.61. The first-order chi connectivity index (χ1) is 9.10. The second-order valence-electron chi connectivity index (χ2n) is 4.08. The number of H-pyrrole nitrogens is 1. The summed E-state index contributed by atoms with van der Waals surface area (Å²) in [6, 6.07) is 5.24. The Morgan fingerprint density at radius 3 is 2.47 bits per heavy atom. The Kier molecular flexibility index (Phi) is 2.94. The number of aromatic amines is 1. The van der Waals surface area contributed by atoms with Crippen molar-refractivity contribution in [2.75, 3.05) is 0 Å². The number of hydrogen-bond donors (Lipinski definition) is 4. The second-order valence-corrected chi connectivity index (χ2v) is 4.89. The van der Waals surface area contributed by atoms with E-state index in [-0.39, 0.29) is 0 Å². The van der Waals surface area contributed by atoms with Crippen LogP contribution in [-0.2, 0) is 5.79 Å². The van der Waals surface area contributed by atoms with E-state index in [9.17, 15) is 0 Å². The predicted molar refractivity (Wildman–Crippen MR) is 74.7 cm³/mol. The highest BCUT2D eigenvalue weighted by Gasteiger charge is 2.30. The van der Waals surface area contributed by atoms with E-state index >= 15 is 0 Å². The van der Waals surface area contributed by atoms with Gasteiger partial charge in [-0.05, 0) is 18.2 Å². The van der Waals surface area contributed by atoms with Crippen molar-refractivity contribution in [2.45, 2.75) is 5.79 Å². The molecule has 1 aromatic heterocycles. The molecule has 6 nitrogen and oxygen atoms in total. The number of aliphatic imine (C=N–C) groups is 1. The Labute approximate surface area is 119 Å². The van der Waals surface area contributed by atoms with Gasteiger partial charge in [-0.25, -0.2) is 4.99 Å². The molecule has 0 amide bonds. The van der Waals surface area contributed by atoms with Crippen LogP contribution in [-0.4, -0.2) is 16.5 Å². The van der Waals surface area contributed by atoms with Crippen LogP contribution in [0.15, 0.2) is 29.4 Å². The van der Waals surface area contributed by atoms with Gasteiger partial charge in [0.25, 0.3) is 0 Å². The molecule has 0 radical (unpaired) electrons. The van der Waals surface area contributed by atoms with Crippen molar-refractivity contribution in [2.24, 2.45) is 10.7 Å². The van der Waals surface area contributed by atoms with Gasteiger partial charge in [-0.2, -0.15) is 10.5 Å². The fraction of sp³-hybridized carbons (Fsp3) is 0.0909. The summed E-state index contributed by atoms with van der Waals surface area (Å²) in [5.74, 6) is -1.07. The number of hydrogen-bond acceptors (Lipinski definition) is 5. The van der Waals surface area contributed by atoms with Crippen molar-refractivity contribution in [3.05, 3.63) is 40.0 Å². The average molecular weight is 297 g/mol. The Hall–Kier alpha value is -1.60. The summed E-state index contributed by atoms with van der Waals surface area (Å²) in [6.07, 6.45) is 3.11. The van der Waals surface area contributed by atoms with Gasteiger partial charge in [-0.1, -0.05) is 23.2 Å². The second kappa shape index (κ2) is 4.50. The molecule has 2 heterocycles. The molecule has 98 valence electrons. The van der Waals surface area contributed by atoms with E-state index in [0.717, 1.165) is 5.69 Å². The molecule has 0 fully saturated rings. The van der Waals surface area contributed by atoms with Crippen molar-refractivity contribution >= 4 is 29.5 Å². The smallest absolute Gasteiger partial charge is 0.206 e. The SMILES string of the molecule is NC1(c2cc(Cl)c(-c3ccn[nH]3)c(Cl)c2)N=CNN1. The van der Waals surface area contributed by atoms with Crippen LogP contribution >= 0.6 is 23.2 Å². The molecule has 1 unspecified atom stereocenters. The van der Waals surface area contributed by atoms with Crippen molar-refractivity contribution in [3.63, 3.8) is 0 Å². The van der Waals surface area contributed by atoms with E-state index in [1.165, 1.54) is 6.34 Å². The molecule has 8 heteroatoms. The predicted octanol–water partition coefficient (Wildman–Crippen LogP) is 1.59. The number of hydrazine groups is 1. The third-order valence-electron chi connectivity index (χ3n) is 2.85. The minimum Gasteiger partial charge on any atom is -0.309 e. The molecule has 0 bridgehead atoms. The maximum absolute atomic E-state index is 6.28. The third kappa shape index (κ3) is 2.08. The van der Waals surface area contributed by atoms with Gasteiger partial charge in [0, 0.05) is 17.3 Å². The lowest BCUT2D eigenvalue weighted by atomic mass is 10.0. The Morgan fingerprint density at radius 2 is 1.95 bits per heavy atom. The van der Waals surface area contributed by atoms with E-state index in [1.54, 1.807) is 24.4 Å².